The zero-order valence-corrected chi connectivity index (χ0v) is 9.59. The van der Waals surface area contributed by atoms with E-state index < -0.39 is 0 Å². The highest BCUT2D eigenvalue weighted by atomic mass is 16.5. The summed E-state index contributed by atoms with van der Waals surface area (Å²) in [5.74, 6) is 1.14. The fraction of sp³-hybridized carbons (Fsp3) is 0.571. The van der Waals surface area contributed by atoms with Crippen LogP contribution in [0.15, 0.2) is 18.2 Å². The van der Waals surface area contributed by atoms with Crippen LogP contribution in [0.2, 0.25) is 0 Å². The van der Waals surface area contributed by atoms with Gasteiger partial charge in [-0.05, 0) is 42.9 Å². The van der Waals surface area contributed by atoms with Gasteiger partial charge >= 0.3 is 0 Å². The van der Waals surface area contributed by atoms with E-state index in [-0.39, 0.29) is 0 Å². The van der Waals surface area contributed by atoms with Gasteiger partial charge in [0, 0.05) is 0 Å². The predicted octanol–water partition coefficient (Wildman–Crippen LogP) is 3.74. The Hall–Kier alpha value is -0.980. The number of fused-ring (bicyclic) bond motifs is 1. The van der Waals surface area contributed by atoms with Gasteiger partial charge in [0.1, 0.15) is 5.75 Å². The van der Waals surface area contributed by atoms with Gasteiger partial charge in [-0.2, -0.15) is 0 Å². The molecule has 0 saturated heterocycles. The van der Waals surface area contributed by atoms with E-state index in [1.807, 2.05) is 0 Å². The lowest BCUT2D eigenvalue weighted by atomic mass is 10.1. The standard InChI is InChI=1S/C14H20O/c1-2-3-4-11-15-14-10-6-8-12-7-5-9-13(12)14/h6,8,10H,2-5,7,9,11H2,1H3. The maximum Gasteiger partial charge on any atom is 0.122 e. The molecule has 1 heteroatoms. The van der Waals surface area contributed by atoms with Gasteiger partial charge in [0.25, 0.3) is 0 Å². The highest BCUT2D eigenvalue weighted by molar-refractivity contribution is 5.42. The largest absolute Gasteiger partial charge is 0.493 e. The van der Waals surface area contributed by atoms with Crippen molar-refractivity contribution < 1.29 is 4.74 Å². The average Bonchev–Trinajstić information content (AvgIpc) is 2.73. The molecule has 0 aliphatic heterocycles. The molecule has 0 bridgehead atoms. The minimum Gasteiger partial charge on any atom is -0.493 e. The molecule has 0 aromatic heterocycles. The van der Waals surface area contributed by atoms with E-state index in [0.717, 1.165) is 12.4 Å². The van der Waals surface area contributed by atoms with Crippen LogP contribution in [0.25, 0.3) is 0 Å². The minimum absolute atomic E-state index is 0.879. The van der Waals surface area contributed by atoms with Crippen molar-refractivity contribution in [3.8, 4) is 5.75 Å². The summed E-state index contributed by atoms with van der Waals surface area (Å²) in [7, 11) is 0. The summed E-state index contributed by atoms with van der Waals surface area (Å²) in [6.45, 7) is 3.10. The summed E-state index contributed by atoms with van der Waals surface area (Å²) < 4.78 is 5.85. The Morgan fingerprint density at radius 2 is 2.13 bits per heavy atom. The number of unbranched alkanes of at least 4 members (excludes halogenated alkanes) is 2. The van der Waals surface area contributed by atoms with E-state index in [2.05, 4.69) is 25.1 Å². The van der Waals surface area contributed by atoms with Crippen LogP contribution < -0.4 is 4.74 Å². The zero-order chi connectivity index (χ0) is 10.5. The molecule has 1 aromatic rings. The first-order valence-corrected chi connectivity index (χ1v) is 6.15. The third kappa shape index (κ3) is 2.53. The maximum atomic E-state index is 5.85. The number of ether oxygens (including phenoxy) is 1. The fourth-order valence-corrected chi connectivity index (χ4v) is 2.25. The topological polar surface area (TPSA) is 9.23 Å². The van der Waals surface area contributed by atoms with Gasteiger partial charge in [-0.25, -0.2) is 0 Å². The van der Waals surface area contributed by atoms with Crippen molar-refractivity contribution in [1.82, 2.24) is 0 Å². The molecule has 0 amide bonds. The molecular formula is C14H20O. The zero-order valence-electron chi connectivity index (χ0n) is 9.59. The van der Waals surface area contributed by atoms with Gasteiger partial charge in [-0.3, -0.25) is 0 Å². The van der Waals surface area contributed by atoms with Crippen molar-refractivity contribution in [3.63, 3.8) is 0 Å². The van der Waals surface area contributed by atoms with Gasteiger partial charge in [-0.1, -0.05) is 31.9 Å². The van der Waals surface area contributed by atoms with Crippen molar-refractivity contribution in [2.45, 2.75) is 45.4 Å². The number of hydrogen-bond acceptors (Lipinski definition) is 1. The van der Waals surface area contributed by atoms with Crippen molar-refractivity contribution in [2.24, 2.45) is 0 Å². The van der Waals surface area contributed by atoms with E-state index in [1.54, 1.807) is 0 Å². The Labute approximate surface area is 92.5 Å². The highest BCUT2D eigenvalue weighted by Crippen LogP contribution is 2.30. The lowest BCUT2D eigenvalue weighted by Crippen LogP contribution is -1.99. The van der Waals surface area contributed by atoms with E-state index in [9.17, 15) is 0 Å². The van der Waals surface area contributed by atoms with Gasteiger partial charge in [0.15, 0.2) is 0 Å². The maximum absolute atomic E-state index is 5.85. The first-order valence-electron chi connectivity index (χ1n) is 6.15. The third-order valence-electron chi connectivity index (χ3n) is 3.11. The monoisotopic (exact) mass is 204 g/mol. The van der Waals surface area contributed by atoms with Crippen LogP contribution in [0.4, 0.5) is 0 Å². The molecule has 1 aromatic carbocycles. The number of hydrogen-bond donors (Lipinski definition) is 0. The van der Waals surface area contributed by atoms with Crippen molar-refractivity contribution in [3.05, 3.63) is 29.3 Å². The first kappa shape index (κ1) is 10.5. The SMILES string of the molecule is CCCCCOc1cccc2c1CCC2. The van der Waals surface area contributed by atoms with Crippen LogP contribution in [-0.2, 0) is 12.8 Å². The second kappa shape index (κ2) is 5.20. The Kier molecular flexibility index (Phi) is 3.65. The molecule has 1 nitrogen and oxygen atoms in total. The lowest BCUT2D eigenvalue weighted by Gasteiger charge is -2.10. The molecule has 0 atom stereocenters. The number of aryl methyl sites for hydroxylation is 1. The molecule has 0 saturated carbocycles. The number of rotatable bonds is 5. The van der Waals surface area contributed by atoms with Gasteiger partial charge in [0.2, 0.25) is 0 Å². The molecule has 0 unspecified atom stereocenters. The Morgan fingerprint density at radius 1 is 1.20 bits per heavy atom. The second-order valence-corrected chi connectivity index (χ2v) is 4.30. The molecule has 0 radical (unpaired) electrons. The molecule has 1 aliphatic rings. The first-order chi connectivity index (χ1) is 7.42. The van der Waals surface area contributed by atoms with Gasteiger partial charge in [-0.15, -0.1) is 0 Å². The molecule has 0 spiro atoms. The van der Waals surface area contributed by atoms with Gasteiger partial charge < -0.3 is 4.74 Å². The van der Waals surface area contributed by atoms with E-state index in [1.165, 1.54) is 49.7 Å². The summed E-state index contributed by atoms with van der Waals surface area (Å²) in [4.78, 5) is 0. The van der Waals surface area contributed by atoms with E-state index >= 15 is 0 Å². The van der Waals surface area contributed by atoms with Crippen LogP contribution >= 0.6 is 0 Å². The molecule has 1 aliphatic carbocycles. The van der Waals surface area contributed by atoms with Crippen molar-refractivity contribution >= 4 is 0 Å². The Morgan fingerprint density at radius 3 is 3.00 bits per heavy atom. The molecule has 2 rings (SSSR count). The molecule has 82 valence electrons. The normalized spacial score (nSPS) is 13.9. The second-order valence-electron chi connectivity index (χ2n) is 4.30. The summed E-state index contributed by atoms with van der Waals surface area (Å²) in [6, 6.07) is 6.48. The Balaban J connectivity index is 1.94. The van der Waals surface area contributed by atoms with Crippen LogP contribution in [0.1, 0.15) is 43.7 Å². The molecule has 0 N–H and O–H groups in total. The lowest BCUT2D eigenvalue weighted by molar-refractivity contribution is 0.303. The van der Waals surface area contributed by atoms with Crippen LogP contribution in [-0.4, -0.2) is 6.61 Å². The molecule has 0 fully saturated rings. The van der Waals surface area contributed by atoms with Crippen molar-refractivity contribution in [2.75, 3.05) is 6.61 Å². The van der Waals surface area contributed by atoms with E-state index in [4.69, 9.17) is 4.74 Å². The fourth-order valence-electron chi connectivity index (χ4n) is 2.25. The quantitative estimate of drug-likeness (QED) is 0.664. The number of benzene rings is 1. The summed E-state index contributed by atoms with van der Waals surface area (Å²) >= 11 is 0. The summed E-state index contributed by atoms with van der Waals surface area (Å²) in [5, 5.41) is 0. The molecular weight excluding hydrogens is 184 g/mol. The highest BCUT2D eigenvalue weighted by Gasteiger charge is 2.14. The van der Waals surface area contributed by atoms with E-state index in [0.29, 0.717) is 0 Å². The van der Waals surface area contributed by atoms with Crippen LogP contribution in [0.5, 0.6) is 5.75 Å². The van der Waals surface area contributed by atoms with Crippen LogP contribution in [0, 0.1) is 0 Å². The summed E-state index contributed by atoms with van der Waals surface area (Å²) in [5.41, 5.74) is 2.97. The average molecular weight is 204 g/mol. The van der Waals surface area contributed by atoms with Gasteiger partial charge in [0.05, 0.1) is 6.61 Å². The third-order valence-corrected chi connectivity index (χ3v) is 3.11. The molecule has 0 heterocycles. The minimum atomic E-state index is 0.879. The summed E-state index contributed by atoms with van der Waals surface area (Å²) in [6.07, 6.45) is 7.46. The van der Waals surface area contributed by atoms with Crippen LogP contribution in [0.3, 0.4) is 0 Å². The molecule has 15 heavy (non-hydrogen) atoms. The smallest absolute Gasteiger partial charge is 0.122 e. The Bertz CT molecular complexity index is 317. The predicted molar refractivity (Wildman–Crippen MR) is 63.5 cm³/mol. The van der Waals surface area contributed by atoms with Crippen molar-refractivity contribution in [1.29, 1.82) is 0 Å².